The Morgan fingerprint density at radius 1 is 0.952 bits per heavy atom. The van der Waals surface area contributed by atoms with Crippen LogP contribution in [-0.2, 0) is 0 Å². The lowest BCUT2D eigenvalue weighted by atomic mass is 10.1. The van der Waals surface area contributed by atoms with E-state index in [1.54, 1.807) is 6.07 Å². The van der Waals surface area contributed by atoms with Crippen LogP contribution in [0.5, 0.6) is 0 Å². The molecule has 0 aliphatic heterocycles. The van der Waals surface area contributed by atoms with E-state index in [2.05, 4.69) is 5.32 Å². The van der Waals surface area contributed by atoms with Crippen molar-refractivity contribution in [3.63, 3.8) is 0 Å². The first-order chi connectivity index (χ1) is 10.1. The third-order valence-electron chi connectivity index (χ3n) is 3.27. The highest BCUT2D eigenvalue weighted by Crippen LogP contribution is 2.30. The van der Waals surface area contributed by atoms with Crippen molar-refractivity contribution in [2.75, 3.05) is 5.32 Å². The van der Waals surface area contributed by atoms with Gasteiger partial charge in [-0.2, -0.15) is 0 Å². The molecule has 4 heteroatoms. The molecule has 0 spiro atoms. The van der Waals surface area contributed by atoms with Gasteiger partial charge in [-0.25, -0.2) is 4.79 Å². The van der Waals surface area contributed by atoms with Crippen LogP contribution in [-0.4, -0.2) is 11.1 Å². The van der Waals surface area contributed by atoms with Gasteiger partial charge in [0.2, 0.25) is 0 Å². The number of carboxylic acid groups (broad SMARTS) is 1. The third-order valence-corrected chi connectivity index (χ3v) is 3.60. The molecule has 0 aliphatic carbocycles. The summed E-state index contributed by atoms with van der Waals surface area (Å²) in [5.74, 6) is -0.979. The van der Waals surface area contributed by atoms with Crippen molar-refractivity contribution in [2.24, 2.45) is 0 Å². The van der Waals surface area contributed by atoms with E-state index >= 15 is 0 Å². The Balaban J connectivity index is 2.06. The molecule has 0 aromatic heterocycles. The Morgan fingerprint density at radius 2 is 1.71 bits per heavy atom. The summed E-state index contributed by atoms with van der Waals surface area (Å²) >= 11 is 6.15. The average molecular weight is 298 g/mol. The minimum absolute atomic E-state index is 0.196. The molecular weight excluding hydrogens is 286 g/mol. The van der Waals surface area contributed by atoms with Crippen molar-refractivity contribution in [3.8, 4) is 0 Å². The van der Waals surface area contributed by atoms with Gasteiger partial charge in [0.1, 0.15) is 0 Å². The quantitative estimate of drug-likeness (QED) is 0.720. The normalized spacial score (nSPS) is 10.5. The molecule has 0 fully saturated rings. The lowest BCUT2D eigenvalue weighted by Gasteiger charge is -2.12. The van der Waals surface area contributed by atoms with Crippen molar-refractivity contribution in [1.82, 2.24) is 0 Å². The van der Waals surface area contributed by atoms with Gasteiger partial charge in [-0.05, 0) is 29.7 Å². The summed E-state index contributed by atoms with van der Waals surface area (Å²) in [6.45, 7) is 0. The summed E-state index contributed by atoms with van der Waals surface area (Å²) in [4.78, 5) is 11.1. The van der Waals surface area contributed by atoms with Crippen LogP contribution < -0.4 is 5.32 Å². The molecule has 2 N–H and O–H groups in total. The van der Waals surface area contributed by atoms with Crippen molar-refractivity contribution in [3.05, 3.63) is 71.2 Å². The van der Waals surface area contributed by atoms with E-state index in [1.165, 1.54) is 12.1 Å². The predicted octanol–water partition coefficient (Wildman–Crippen LogP) is 4.94. The van der Waals surface area contributed by atoms with Crippen LogP contribution >= 0.6 is 11.6 Å². The van der Waals surface area contributed by atoms with Crippen molar-refractivity contribution in [1.29, 1.82) is 0 Å². The number of carboxylic acids is 1. The standard InChI is InChI=1S/C17H12ClNO2/c18-14-9-8-12(17(20)21)10-16(14)19-15-7-3-5-11-4-1-2-6-13(11)15/h1-10,19H,(H,20,21). The molecule has 0 atom stereocenters. The van der Waals surface area contributed by atoms with Crippen LogP contribution in [0.3, 0.4) is 0 Å². The van der Waals surface area contributed by atoms with E-state index in [-0.39, 0.29) is 5.56 Å². The molecule has 3 aromatic carbocycles. The number of rotatable bonds is 3. The fourth-order valence-electron chi connectivity index (χ4n) is 2.23. The van der Waals surface area contributed by atoms with Crippen molar-refractivity contribution in [2.45, 2.75) is 0 Å². The van der Waals surface area contributed by atoms with Crippen LogP contribution in [0.2, 0.25) is 5.02 Å². The van der Waals surface area contributed by atoms with E-state index < -0.39 is 5.97 Å². The number of benzene rings is 3. The molecule has 104 valence electrons. The highest BCUT2D eigenvalue weighted by atomic mass is 35.5. The summed E-state index contributed by atoms with van der Waals surface area (Å²) < 4.78 is 0. The van der Waals surface area contributed by atoms with Crippen LogP contribution in [0.1, 0.15) is 10.4 Å². The van der Waals surface area contributed by atoms with Crippen LogP contribution in [0.4, 0.5) is 11.4 Å². The Labute approximate surface area is 126 Å². The SMILES string of the molecule is O=C(O)c1ccc(Cl)c(Nc2cccc3ccccc23)c1. The van der Waals surface area contributed by atoms with E-state index in [0.717, 1.165) is 16.5 Å². The molecule has 3 nitrogen and oxygen atoms in total. The maximum Gasteiger partial charge on any atom is 0.335 e. The second-order valence-corrected chi connectivity index (χ2v) is 5.06. The summed E-state index contributed by atoms with van der Waals surface area (Å²) in [6.07, 6.45) is 0. The number of fused-ring (bicyclic) bond motifs is 1. The van der Waals surface area contributed by atoms with Gasteiger partial charge in [0.25, 0.3) is 0 Å². The zero-order valence-corrected chi connectivity index (χ0v) is 11.8. The molecule has 0 bridgehead atoms. The minimum atomic E-state index is -0.979. The van der Waals surface area contributed by atoms with E-state index in [0.29, 0.717) is 10.7 Å². The first-order valence-corrected chi connectivity index (χ1v) is 6.80. The van der Waals surface area contributed by atoms with Gasteiger partial charge in [0.15, 0.2) is 0 Å². The second kappa shape index (κ2) is 5.46. The van der Waals surface area contributed by atoms with Gasteiger partial charge in [-0.3, -0.25) is 0 Å². The molecule has 0 unspecified atom stereocenters. The van der Waals surface area contributed by atoms with Gasteiger partial charge in [-0.1, -0.05) is 48.0 Å². The second-order valence-electron chi connectivity index (χ2n) is 4.65. The van der Waals surface area contributed by atoms with Crippen molar-refractivity contribution < 1.29 is 9.90 Å². The molecular formula is C17H12ClNO2. The fraction of sp³-hybridized carbons (Fsp3) is 0. The molecule has 0 saturated heterocycles. The van der Waals surface area contributed by atoms with E-state index in [9.17, 15) is 4.79 Å². The van der Waals surface area contributed by atoms with E-state index in [4.69, 9.17) is 16.7 Å². The number of hydrogen-bond donors (Lipinski definition) is 2. The predicted molar refractivity (Wildman–Crippen MR) is 85.6 cm³/mol. The van der Waals surface area contributed by atoms with Gasteiger partial charge < -0.3 is 10.4 Å². The lowest BCUT2D eigenvalue weighted by molar-refractivity contribution is 0.0697. The lowest BCUT2D eigenvalue weighted by Crippen LogP contribution is -1.99. The monoisotopic (exact) mass is 297 g/mol. The maximum absolute atomic E-state index is 11.1. The smallest absolute Gasteiger partial charge is 0.335 e. The van der Waals surface area contributed by atoms with Gasteiger partial charge >= 0.3 is 5.97 Å². The van der Waals surface area contributed by atoms with Crippen molar-refractivity contribution >= 4 is 39.7 Å². The van der Waals surface area contributed by atoms with Gasteiger partial charge in [0.05, 0.1) is 16.3 Å². The first-order valence-electron chi connectivity index (χ1n) is 6.43. The topological polar surface area (TPSA) is 49.3 Å². The number of anilines is 2. The first kappa shape index (κ1) is 13.5. The minimum Gasteiger partial charge on any atom is -0.478 e. The highest BCUT2D eigenvalue weighted by Gasteiger charge is 2.08. The molecule has 3 rings (SSSR count). The fourth-order valence-corrected chi connectivity index (χ4v) is 2.40. The molecule has 21 heavy (non-hydrogen) atoms. The van der Waals surface area contributed by atoms with Crippen LogP contribution in [0.15, 0.2) is 60.7 Å². The van der Waals surface area contributed by atoms with Gasteiger partial charge in [0, 0.05) is 11.1 Å². The Hall–Kier alpha value is -2.52. The molecule has 0 saturated carbocycles. The number of halogens is 1. The summed E-state index contributed by atoms with van der Waals surface area (Å²) in [7, 11) is 0. The number of nitrogens with one attached hydrogen (secondary N) is 1. The molecule has 0 aliphatic rings. The Morgan fingerprint density at radius 3 is 2.52 bits per heavy atom. The molecule has 0 radical (unpaired) electrons. The van der Waals surface area contributed by atoms with E-state index in [1.807, 2.05) is 42.5 Å². The van der Waals surface area contributed by atoms with Crippen LogP contribution in [0, 0.1) is 0 Å². The van der Waals surface area contributed by atoms with Gasteiger partial charge in [-0.15, -0.1) is 0 Å². The zero-order chi connectivity index (χ0) is 14.8. The molecule has 0 heterocycles. The summed E-state index contributed by atoms with van der Waals surface area (Å²) in [5, 5.41) is 14.9. The number of aromatic carboxylic acids is 1. The zero-order valence-electron chi connectivity index (χ0n) is 11.0. The largest absolute Gasteiger partial charge is 0.478 e. The Bertz CT molecular complexity index is 825. The average Bonchev–Trinajstić information content (AvgIpc) is 2.49. The number of carbonyl (C=O) groups is 1. The van der Waals surface area contributed by atoms with Crippen LogP contribution in [0.25, 0.3) is 10.8 Å². The molecule has 0 amide bonds. The third kappa shape index (κ3) is 2.69. The summed E-state index contributed by atoms with van der Waals surface area (Å²) in [5.41, 5.74) is 1.66. The Kier molecular flexibility index (Phi) is 3.50. The maximum atomic E-state index is 11.1. The number of hydrogen-bond acceptors (Lipinski definition) is 2. The highest BCUT2D eigenvalue weighted by molar-refractivity contribution is 6.33. The summed E-state index contributed by atoms with van der Waals surface area (Å²) in [6, 6.07) is 18.5. The molecule has 3 aromatic rings.